The summed E-state index contributed by atoms with van der Waals surface area (Å²) in [6, 6.07) is 24.3. The van der Waals surface area contributed by atoms with Crippen molar-refractivity contribution in [3.05, 3.63) is 125 Å². The Balaban J connectivity index is 1.42. The summed E-state index contributed by atoms with van der Waals surface area (Å²) in [7, 11) is -3.49. The highest BCUT2D eigenvalue weighted by Gasteiger charge is 2.18. The Morgan fingerprint density at radius 3 is 2.03 bits per heavy atom. The highest BCUT2D eigenvalue weighted by molar-refractivity contribution is 7.92. The minimum Gasteiger partial charge on any atom is -0.322 e. The highest BCUT2D eigenvalue weighted by atomic mass is 32.2. The van der Waals surface area contributed by atoms with Crippen LogP contribution in [0.15, 0.2) is 91.3 Å². The lowest BCUT2D eigenvalue weighted by Crippen LogP contribution is -2.29. The fraction of sp³-hybridized carbons (Fsp3) is 0.172. The summed E-state index contributed by atoms with van der Waals surface area (Å²) < 4.78 is 26.4. The van der Waals surface area contributed by atoms with E-state index in [-0.39, 0.29) is 12.5 Å². The number of carbonyl (C=O) groups excluding carboxylic acids is 1. The molecule has 0 saturated heterocycles. The number of sulfonamides is 1. The lowest BCUT2D eigenvalue weighted by atomic mass is 10.1. The van der Waals surface area contributed by atoms with Crippen molar-refractivity contribution in [2.24, 2.45) is 0 Å². The summed E-state index contributed by atoms with van der Waals surface area (Å²) >= 11 is 0. The lowest BCUT2D eigenvalue weighted by Gasteiger charge is -2.23. The maximum Gasteiger partial charge on any atom is 0.255 e. The van der Waals surface area contributed by atoms with Gasteiger partial charge in [-0.3, -0.25) is 14.1 Å². The van der Waals surface area contributed by atoms with Gasteiger partial charge in [0.25, 0.3) is 5.91 Å². The van der Waals surface area contributed by atoms with Crippen LogP contribution in [-0.2, 0) is 23.0 Å². The first-order valence-corrected chi connectivity index (χ1v) is 13.5. The van der Waals surface area contributed by atoms with E-state index in [9.17, 15) is 13.2 Å². The van der Waals surface area contributed by atoms with Gasteiger partial charge in [0, 0.05) is 23.6 Å². The van der Waals surface area contributed by atoms with Gasteiger partial charge in [-0.15, -0.1) is 0 Å². The summed E-state index contributed by atoms with van der Waals surface area (Å²) in [4.78, 5) is 16.8. The Bertz CT molecular complexity index is 1450. The number of hydrogen-bond acceptors (Lipinski definition) is 4. The molecule has 184 valence electrons. The largest absolute Gasteiger partial charge is 0.322 e. The van der Waals surface area contributed by atoms with E-state index in [4.69, 9.17) is 0 Å². The average Bonchev–Trinajstić information content (AvgIpc) is 2.86. The van der Waals surface area contributed by atoms with Crippen LogP contribution in [0.1, 0.15) is 38.2 Å². The van der Waals surface area contributed by atoms with Gasteiger partial charge in [-0.05, 0) is 96.6 Å². The maximum absolute atomic E-state index is 12.7. The summed E-state index contributed by atoms with van der Waals surface area (Å²) in [5.41, 5.74) is 7.06. The zero-order valence-electron chi connectivity index (χ0n) is 20.6. The van der Waals surface area contributed by atoms with E-state index >= 15 is 0 Å². The molecule has 0 spiro atoms. The third-order valence-corrected chi connectivity index (χ3v) is 7.23. The zero-order chi connectivity index (χ0) is 25.7. The Hall–Kier alpha value is -3.97. The molecule has 1 N–H and O–H groups in total. The second kappa shape index (κ2) is 10.7. The van der Waals surface area contributed by atoms with E-state index in [1.807, 2.05) is 68.4 Å². The van der Waals surface area contributed by atoms with Gasteiger partial charge in [0.15, 0.2) is 0 Å². The van der Waals surface area contributed by atoms with E-state index in [0.717, 1.165) is 28.7 Å². The lowest BCUT2D eigenvalue weighted by molar-refractivity contribution is 0.102. The molecule has 0 atom stereocenters. The molecular weight excluding hydrogens is 470 g/mol. The van der Waals surface area contributed by atoms with Crippen LogP contribution in [0, 0.1) is 13.8 Å². The number of anilines is 2. The predicted octanol–water partition coefficient (Wildman–Crippen LogP) is 5.51. The zero-order valence-corrected chi connectivity index (χ0v) is 21.4. The second-order valence-electron chi connectivity index (χ2n) is 8.92. The monoisotopic (exact) mass is 499 g/mol. The first-order valence-electron chi connectivity index (χ1n) is 11.6. The van der Waals surface area contributed by atoms with Crippen LogP contribution in [0.2, 0.25) is 0 Å². The van der Waals surface area contributed by atoms with Crippen LogP contribution in [-0.4, -0.2) is 25.6 Å². The molecule has 4 aromatic rings. The Kier molecular flexibility index (Phi) is 7.50. The molecule has 0 fully saturated rings. The number of carbonyl (C=O) groups is 1. The molecule has 4 rings (SSSR count). The number of amides is 1. The van der Waals surface area contributed by atoms with Gasteiger partial charge in [0.2, 0.25) is 10.0 Å². The topological polar surface area (TPSA) is 79.4 Å². The van der Waals surface area contributed by atoms with Crippen molar-refractivity contribution in [3.63, 3.8) is 0 Å². The first-order chi connectivity index (χ1) is 17.2. The molecule has 0 bridgehead atoms. The van der Waals surface area contributed by atoms with Crippen LogP contribution >= 0.6 is 0 Å². The van der Waals surface area contributed by atoms with Gasteiger partial charge >= 0.3 is 0 Å². The maximum atomic E-state index is 12.7. The summed E-state index contributed by atoms with van der Waals surface area (Å²) in [5, 5.41) is 2.92. The smallest absolute Gasteiger partial charge is 0.255 e. The van der Waals surface area contributed by atoms with Crippen LogP contribution in [0.5, 0.6) is 0 Å². The Morgan fingerprint density at radius 1 is 0.806 bits per heavy atom. The van der Waals surface area contributed by atoms with Gasteiger partial charge in [0.1, 0.15) is 0 Å². The molecule has 3 aromatic carbocycles. The Labute approximate surface area is 212 Å². The molecule has 1 heterocycles. The number of aromatic nitrogens is 1. The van der Waals surface area contributed by atoms with Gasteiger partial charge in [0.05, 0.1) is 18.5 Å². The molecule has 36 heavy (non-hydrogen) atoms. The normalized spacial score (nSPS) is 11.2. The molecular formula is C29H29N3O3S. The van der Waals surface area contributed by atoms with Crippen molar-refractivity contribution < 1.29 is 13.2 Å². The van der Waals surface area contributed by atoms with Crippen LogP contribution in [0.4, 0.5) is 11.4 Å². The molecule has 6 nitrogen and oxygen atoms in total. The molecule has 0 aliphatic heterocycles. The van der Waals surface area contributed by atoms with Gasteiger partial charge < -0.3 is 5.32 Å². The molecule has 0 radical (unpaired) electrons. The number of nitrogens with one attached hydrogen (secondary N) is 1. The standard InChI is InChI=1S/C29H29N3O3S/c1-21-4-13-28(18-22(21)2)32(36(3,34)35)20-25-5-9-26(10-6-25)29(33)31-27-11-7-23(8-12-27)19-24-14-16-30-17-15-24/h4-18H,19-20H2,1-3H3,(H,31,33). The molecule has 1 aromatic heterocycles. The number of pyridine rings is 1. The van der Waals surface area contributed by atoms with Gasteiger partial charge in [-0.1, -0.05) is 30.3 Å². The molecule has 0 aliphatic rings. The second-order valence-corrected chi connectivity index (χ2v) is 10.8. The summed E-state index contributed by atoms with van der Waals surface area (Å²) in [6.07, 6.45) is 5.55. The van der Waals surface area contributed by atoms with Crippen molar-refractivity contribution in [1.29, 1.82) is 0 Å². The Morgan fingerprint density at radius 2 is 1.42 bits per heavy atom. The van der Waals surface area contributed by atoms with E-state index in [2.05, 4.69) is 10.3 Å². The third-order valence-electron chi connectivity index (χ3n) is 6.09. The molecule has 0 saturated carbocycles. The number of rotatable bonds is 8. The summed E-state index contributed by atoms with van der Waals surface area (Å²) in [5.74, 6) is -0.224. The van der Waals surface area contributed by atoms with E-state index < -0.39 is 10.0 Å². The minimum absolute atomic E-state index is 0.183. The van der Waals surface area contributed by atoms with Crippen LogP contribution in [0.25, 0.3) is 0 Å². The van der Waals surface area contributed by atoms with Crippen LogP contribution in [0.3, 0.4) is 0 Å². The SMILES string of the molecule is Cc1ccc(N(Cc2ccc(C(=O)Nc3ccc(Cc4ccncc4)cc3)cc2)S(C)(=O)=O)cc1C. The molecule has 1 amide bonds. The fourth-order valence-corrected chi connectivity index (χ4v) is 4.73. The van der Waals surface area contributed by atoms with Crippen LogP contribution < -0.4 is 9.62 Å². The summed E-state index contributed by atoms with van der Waals surface area (Å²) in [6.45, 7) is 4.13. The van der Waals surface area contributed by atoms with Gasteiger partial charge in [-0.25, -0.2) is 8.42 Å². The van der Waals surface area contributed by atoms with Crippen molar-refractivity contribution in [3.8, 4) is 0 Å². The van der Waals surface area contributed by atoms with Crippen molar-refractivity contribution in [1.82, 2.24) is 4.98 Å². The number of aryl methyl sites for hydroxylation is 2. The predicted molar refractivity (Wildman–Crippen MR) is 145 cm³/mol. The van der Waals surface area contributed by atoms with E-state index in [0.29, 0.717) is 16.9 Å². The third kappa shape index (κ3) is 6.37. The molecule has 7 heteroatoms. The molecule has 0 unspecified atom stereocenters. The molecule has 0 aliphatic carbocycles. The van der Waals surface area contributed by atoms with E-state index in [1.54, 1.807) is 36.7 Å². The quantitative estimate of drug-likeness (QED) is 0.347. The minimum atomic E-state index is -3.49. The van der Waals surface area contributed by atoms with Gasteiger partial charge in [-0.2, -0.15) is 0 Å². The van der Waals surface area contributed by atoms with Crippen molar-refractivity contribution in [2.45, 2.75) is 26.8 Å². The number of hydrogen-bond donors (Lipinski definition) is 1. The van der Waals surface area contributed by atoms with Crippen molar-refractivity contribution >= 4 is 27.3 Å². The highest BCUT2D eigenvalue weighted by Crippen LogP contribution is 2.24. The number of benzene rings is 3. The van der Waals surface area contributed by atoms with E-state index in [1.165, 1.54) is 16.1 Å². The average molecular weight is 500 g/mol. The first kappa shape index (κ1) is 25.1. The number of nitrogens with zero attached hydrogens (tertiary/aromatic N) is 2. The van der Waals surface area contributed by atoms with Crippen molar-refractivity contribution in [2.75, 3.05) is 15.9 Å². The fourth-order valence-electron chi connectivity index (χ4n) is 3.85.